The maximum absolute atomic E-state index is 5.71. The molecular weight excluding hydrogens is 212 g/mol. The quantitative estimate of drug-likeness (QED) is 0.549. The average Bonchev–Trinajstić information content (AvgIpc) is 3.04. The minimum absolute atomic E-state index is 0.642. The van der Waals surface area contributed by atoms with Crippen molar-refractivity contribution in [3.63, 3.8) is 0 Å². The topological polar surface area (TPSA) is 25.1 Å². The maximum atomic E-state index is 5.71. The lowest BCUT2D eigenvalue weighted by atomic mass is 10.3. The van der Waals surface area contributed by atoms with Gasteiger partial charge >= 0.3 is 0 Å². The molecule has 82 valence electrons. The molecule has 0 N–H and O–H groups in total. The number of unbranched alkanes of at least 4 members (excludes halogenated alkanes) is 1. The first-order valence-corrected chi connectivity index (χ1v) is 5.69. The van der Waals surface area contributed by atoms with Gasteiger partial charge in [-0.2, -0.15) is 0 Å². The summed E-state index contributed by atoms with van der Waals surface area (Å²) < 4.78 is 5.47. The van der Waals surface area contributed by atoms with Gasteiger partial charge in [0.25, 0.3) is 0 Å². The summed E-state index contributed by atoms with van der Waals surface area (Å²) in [6.45, 7) is 4.50. The molecule has 0 spiro atoms. The van der Waals surface area contributed by atoms with Gasteiger partial charge in [0.1, 0.15) is 0 Å². The molecule has 0 aromatic carbocycles. The molecule has 1 fully saturated rings. The molecule has 1 aliphatic heterocycles. The molecule has 3 nitrogen and oxygen atoms in total. The van der Waals surface area contributed by atoms with Gasteiger partial charge in [0, 0.05) is 25.4 Å². The number of hydrogen-bond acceptors (Lipinski definition) is 3. The SMILES string of the molecule is Clc1ccc(OCCCCN2CC2)nc1. The van der Waals surface area contributed by atoms with Crippen molar-refractivity contribution in [2.75, 3.05) is 26.2 Å². The fourth-order valence-corrected chi connectivity index (χ4v) is 1.47. The van der Waals surface area contributed by atoms with Crippen molar-refractivity contribution >= 4 is 11.6 Å². The first-order valence-electron chi connectivity index (χ1n) is 5.31. The van der Waals surface area contributed by atoms with Gasteiger partial charge in [-0.05, 0) is 25.5 Å². The molecule has 0 unspecified atom stereocenters. The number of aromatic nitrogens is 1. The second-order valence-corrected chi connectivity index (χ2v) is 4.15. The summed E-state index contributed by atoms with van der Waals surface area (Å²) in [4.78, 5) is 6.48. The zero-order chi connectivity index (χ0) is 10.5. The van der Waals surface area contributed by atoms with Gasteiger partial charge < -0.3 is 9.64 Å². The maximum Gasteiger partial charge on any atom is 0.213 e. The Morgan fingerprint density at radius 3 is 2.87 bits per heavy atom. The zero-order valence-electron chi connectivity index (χ0n) is 8.66. The molecule has 1 aromatic rings. The third kappa shape index (κ3) is 4.06. The Morgan fingerprint density at radius 1 is 1.33 bits per heavy atom. The third-order valence-corrected chi connectivity index (χ3v) is 2.58. The van der Waals surface area contributed by atoms with Crippen molar-refractivity contribution in [1.29, 1.82) is 0 Å². The van der Waals surface area contributed by atoms with Crippen LogP contribution in [0.1, 0.15) is 12.8 Å². The Labute approximate surface area is 95.0 Å². The normalized spacial score (nSPS) is 15.3. The van der Waals surface area contributed by atoms with E-state index in [0.717, 1.165) is 13.0 Å². The van der Waals surface area contributed by atoms with E-state index in [1.165, 1.54) is 26.1 Å². The van der Waals surface area contributed by atoms with E-state index in [2.05, 4.69) is 9.88 Å². The molecule has 15 heavy (non-hydrogen) atoms. The third-order valence-electron chi connectivity index (χ3n) is 2.36. The minimum atomic E-state index is 0.642. The second kappa shape index (κ2) is 5.33. The highest BCUT2D eigenvalue weighted by Gasteiger charge is 2.15. The van der Waals surface area contributed by atoms with E-state index in [1.807, 2.05) is 0 Å². The summed E-state index contributed by atoms with van der Waals surface area (Å²) >= 11 is 5.71. The Morgan fingerprint density at radius 2 is 2.20 bits per heavy atom. The van der Waals surface area contributed by atoms with Gasteiger partial charge in [0.05, 0.1) is 11.6 Å². The van der Waals surface area contributed by atoms with Crippen LogP contribution in [0.4, 0.5) is 0 Å². The van der Waals surface area contributed by atoms with Gasteiger partial charge in [-0.15, -0.1) is 0 Å². The molecule has 0 amide bonds. The number of hydrogen-bond donors (Lipinski definition) is 0. The lowest BCUT2D eigenvalue weighted by Crippen LogP contribution is -2.03. The molecule has 0 saturated carbocycles. The van der Waals surface area contributed by atoms with E-state index in [0.29, 0.717) is 10.9 Å². The van der Waals surface area contributed by atoms with Crippen LogP contribution in [-0.2, 0) is 0 Å². The fourth-order valence-electron chi connectivity index (χ4n) is 1.36. The van der Waals surface area contributed by atoms with Gasteiger partial charge in [0.2, 0.25) is 5.88 Å². The van der Waals surface area contributed by atoms with Crippen molar-refractivity contribution in [3.05, 3.63) is 23.4 Å². The second-order valence-electron chi connectivity index (χ2n) is 3.71. The Bertz CT molecular complexity index is 298. The van der Waals surface area contributed by atoms with E-state index in [-0.39, 0.29) is 0 Å². The molecule has 2 rings (SSSR count). The van der Waals surface area contributed by atoms with Gasteiger partial charge in [-0.25, -0.2) is 4.98 Å². The Kier molecular flexibility index (Phi) is 3.80. The monoisotopic (exact) mass is 226 g/mol. The molecule has 0 radical (unpaired) electrons. The van der Waals surface area contributed by atoms with E-state index < -0.39 is 0 Å². The molecule has 1 aromatic heterocycles. The van der Waals surface area contributed by atoms with Crippen LogP contribution < -0.4 is 4.74 Å². The average molecular weight is 227 g/mol. The van der Waals surface area contributed by atoms with Gasteiger partial charge in [-0.1, -0.05) is 11.6 Å². The summed E-state index contributed by atoms with van der Waals surface area (Å²) in [5, 5.41) is 0.642. The number of pyridine rings is 1. The molecular formula is C11H15ClN2O. The molecule has 0 atom stereocenters. The molecule has 0 aliphatic carbocycles. The van der Waals surface area contributed by atoms with Crippen LogP contribution >= 0.6 is 11.6 Å². The summed E-state index contributed by atoms with van der Waals surface area (Å²) in [6.07, 6.45) is 3.89. The number of nitrogens with zero attached hydrogens (tertiary/aromatic N) is 2. The van der Waals surface area contributed by atoms with E-state index in [1.54, 1.807) is 18.3 Å². The summed E-state index contributed by atoms with van der Waals surface area (Å²) in [6, 6.07) is 3.59. The van der Waals surface area contributed by atoms with Crippen molar-refractivity contribution in [3.8, 4) is 5.88 Å². The van der Waals surface area contributed by atoms with Crippen LogP contribution in [0, 0.1) is 0 Å². The first kappa shape index (κ1) is 10.7. The predicted molar refractivity (Wildman–Crippen MR) is 60.4 cm³/mol. The summed E-state index contributed by atoms with van der Waals surface area (Å²) in [7, 11) is 0. The van der Waals surface area contributed by atoms with Crippen LogP contribution in [0.25, 0.3) is 0 Å². The summed E-state index contributed by atoms with van der Waals surface area (Å²) in [5.74, 6) is 0.658. The lowest BCUT2D eigenvalue weighted by Gasteiger charge is -2.04. The highest BCUT2D eigenvalue weighted by Crippen LogP contribution is 2.12. The molecule has 1 aliphatic rings. The minimum Gasteiger partial charge on any atom is -0.478 e. The smallest absolute Gasteiger partial charge is 0.213 e. The van der Waals surface area contributed by atoms with Gasteiger partial charge in [0.15, 0.2) is 0 Å². The van der Waals surface area contributed by atoms with E-state index in [4.69, 9.17) is 16.3 Å². The van der Waals surface area contributed by atoms with Crippen molar-refractivity contribution in [1.82, 2.24) is 9.88 Å². The largest absolute Gasteiger partial charge is 0.478 e. The fraction of sp³-hybridized carbons (Fsp3) is 0.545. The highest BCUT2D eigenvalue weighted by atomic mass is 35.5. The van der Waals surface area contributed by atoms with E-state index >= 15 is 0 Å². The first-order chi connectivity index (χ1) is 7.34. The van der Waals surface area contributed by atoms with E-state index in [9.17, 15) is 0 Å². The molecule has 1 saturated heterocycles. The summed E-state index contributed by atoms with van der Waals surface area (Å²) in [5.41, 5.74) is 0. The number of ether oxygens (including phenoxy) is 1. The van der Waals surface area contributed by atoms with Crippen LogP contribution in [-0.4, -0.2) is 36.1 Å². The van der Waals surface area contributed by atoms with Crippen LogP contribution in [0.15, 0.2) is 18.3 Å². The number of rotatable bonds is 6. The number of halogens is 1. The van der Waals surface area contributed by atoms with Crippen LogP contribution in [0.2, 0.25) is 5.02 Å². The van der Waals surface area contributed by atoms with Crippen molar-refractivity contribution in [2.45, 2.75) is 12.8 Å². The lowest BCUT2D eigenvalue weighted by molar-refractivity contribution is 0.291. The predicted octanol–water partition coefficient (Wildman–Crippen LogP) is 2.21. The van der Waals surface area contributed by atoms with Crippen molar-refractivity contribution < 1.29 is 4.74 Å². The van der Waals surface area contributed by atoms with Crippen LogP contribution in [0.5, 0.6) is 5.88 Å². The zero-order valence-corrected chi connectivity index (χ0v) is 9.41. The molecule has 2 heterocycles. The standard InChI is InChI=1S/C11H15ClN2O/c12-10-3-4-11(13-9-10)15-8-2-1-5-14-6-7-14/h3-4,9H,1-2,5-8H2. The highest BCUT2D eigenvalue weighted by molar-refractivity contribution is 6.30. The van der Waals surface area contributed by atoms with Crippen LogP contribution in [0.3, 0.4) is 0 Å². The van der Waals surface area contributed by atoms with Gasteiger partial charge in [-0.3, -0.25) is 0 Å². The van der Waals surface area contributed by atoms with Crippen molar-refractivity contribution in [2.24, 2.45) is 0 Å². The Balaban J connectivity index is 1.58. The Hall–Kier alpha value is -0.800. The molecule has 0 bridgehead atoms. The molecule has 4 heteroatoms.